The summed E-state index contributed by atoms with van der Waals surface area (Å²) in [5.41, 5.74) is 7.19. The highest BCUT2D eigenvalue weighted by atomic mass is 35.5. The van der Waals surface area contributed by atoms with Crippen molar-refractivity contribution in [2.45, 2.75) is 24.8 Å². The molecule has 2 atom stereocenters. The predicted octanol–water partition coefficient (Wildman–Crippen LogP) is 2.54. The van der Waals surface area contributed by atoms with E-state index in [9.17, 15) is 0 Å². The van der Waals surface area contributed by atoms with E-state index in [0.717, 1.165) is 11.4 Å². The van der Waals surface area contributed by atoms with Crippen LogP contribution in [0, 0.1) is 0 Å². The minimum Gasteiger partial charge on any atom is -0.327 e. The molecule has 0 amide bonds. The Bertz CT molecular complexity index is 268. The van der Waals surface area contributed by atoms with Crippen LogP contribution >= 0.6 is 11.6 Å². The van der Waals surface area contributed by atoms with Gasteiger partial charge in [-0.1, -0.05) is 23.7 Å². The van der Waals surface area contributed by atoms with Gasteiger partial charge in [0.15, 0.2) is 0 Å². The number of benzene rings is 1. The van der Waals surface area contributed by atoms with Gasteiger partial charge < -0.3 is 5.73 Å². The SMILES string of the molecule is N[C@@H]1CCC1c1ccc(Cl)cc1. The fourth-order valence-corrected chi connectivity index (χ4v) is 1.78. The van der Waals surface area contributed by atoms with E-state index in [4.69, 9.17) is 17.3 Å². The monoisotopic (exact) mass is 181 g/mol. The summed E-state index contributed by atoms with van der Waals surface area (Å²) in [4.78, 5) is 0. The van der Waals surface area contributed by atoms with Crippen molar-refractivity contribution in [2.24, 2.45) is 5.73 Å². The van der Waals surface area contributed by atoms with E-state index in [1.165, 1.54) is 12.0 Å². The van der Waals surface area contributed by atoms with Crippen LogP contribution in [-0.4, -0.2) is 6.04 Å². The summed E-state index contributed by atoms with van der Waals surface area (Å²) in [6.45, 7) is 0. The van der Waals surface area contributed by atoms with Gasteiger partial charge in [0.1, 0.15) is 0 Å². The van der Waals surface area contributed by atoms with Crippen molar-refractivity contribution < 1.29 is 0 Å². The molecule has 0 heterocycles. The lowest BCUT2D eigenvalue weighted by Crippen LogP contribution is -2.37. The zero-order valence-corrected chi connectivity index (χ0v) is 7.59. The summed E-state index contributed by atoms with van der Waals surface area (Å²) >= 11 is 5.78. The third kappa shape index (κ3) is 1.35. The molecule has 2 rings (SSSR count). The van der Waals surface area contributed by atoms with Gasteiger partial charge in [0, 0.05) is 11.1 Å². The summed E-state index contributed by atoms with van der Waals surface area (Å²) in [5.74, 6) is 0.572. The van der Waals surface area contributed by atoms with Gasteiger partial charge in [0.2, 0.25) is 0 Å². The van der Waals surface area contributed by atoms with Crippen LogP contribution in [0.15, 0.2) is 24.3 Å². The van der Waals surface area contributed by atoms with E-state index in [2.05, 4.69) is 12.1 Å². The second-order valence-electron chi connectivity index (χ2n) is 3.40. The van der Waals surface area contributed by atoms with Crippen LogP contribution in [0.1, 0.15) is 24.3 Å². The maximum Gasteiger partial charge on any atom is 0.0406 e. The Kier molecular flexibility index (Phi) is 2.07. The number of halogens is 1. The average molecular weight is 182 g/mol. The van der Waals surface area contributed by atoms with Crippen LogP contribution in [0.2, 0.25) is 5.02 Å². The van der Waals surface area contributed by atoms with E-state index in [0.29, 0.717) is 12.0 Å². The van der Waals surface area contributed by atoms with E-state index in [-0.39, 0.29) is 0 Å². The summed E-state index contributed by atoms with van der Waals surface area (Å²) in [7, 11) is 0. The third-order valence-electron chi connectivity index (χ3n) is 2.63. The predicted molar refractivity (Wildman–Crippen MR) is 51.4 cm³/mol. The van der Waals surface area contributed by atoms with Crippen molar-refractivity contribution in [3.8, 4) is 0 Å². The van der Waals surface area contributed by atoms with Gasteiger partial charge in [0.25, 0.3) is 0 Å². The van der Waals surface area contributed by atoms with Crippen molar-refractivity contribution in [1.29, 1.82) is 0 Å². The first-order valence-corrected chi connectivity index (χ1v) is 4.66. The zero-order valence-electron chi connectivity index (χ0n) is 6.83. The van der Waals surface area contributed by atoms with Crippen molar-refractivity contribution >= 4 is 11.6 Å². The summed E-state index contributed by atoms with van der Waals surface area (Å²) in [6.07, 6.45) is 2.39. The van der Waals surface area contributed by atoms with Crippen LogP contribution in [0.5, 0.6) is 0 Å². The smallest absolute Gasteiger partial charge is 0.0406 e. The molecule has 64 valence electrons. The van der Waals surface area contributed by atoms with Gasteiger partial charge in [-0.25, -0.2) is 0 Å². The number of nitrogens with two attached hydrogens (primary N) is 1. The van der Waals surface area contributed by atoms with Crippen molar-refractivity contribution in [1.82, 2.24) is 0 Å². The first-order valence-electron chi connectivity index (χ1n) is 4.28. The van der Waals surface area contributed by atoms with Crippen LogP contribution in [0.4, 0.5) is 0 Å². The average Bonchev–Trinajstić information content (AvgIpc) is 2.06. The standard InChI is InChI=1S/C10H12ClN/c11-8-3-1-7(2-4-8)9-5-6-10(9)12/h1-4,9-10H,5-6,12H2/t9?,10-/m1/s1. The lowest BCUT2D eigenvalue weighted by Gasteiger charge is -2.33. The minimum absolute atomic E-state index is 0.367. The molecular weight excluding hydrogens is 170 g/mol. The van der Waals surface area contributed by atoms with Crippen molar-refractivity contribution in [3.63, 3.8) is 0 Å². The molecule has 1 fully saturated rings. The molecule has 1 aromatic carbocycles. The van der Waals surface area contributed by atoms with Gasteiger partial charge in [0.05, 0.1) is 0 Å². The normalized spacial score (nSPS) is 28.2. The Morgan fingerprint density at radius 2 is 1.83 bits per heavy atom. The molecule has 1 saturated carbocycles. The lowest BCUT2D eigenvalue weighted by atomic mass is 9.76. The highest BCUT2D eigenvalue weighted by Gasteiger charge is 2.28. The van der Waals surface area contributed by atoms with Gasteiger partial charge in [-0.15, -0.1) is 0 Å². The fourth-order valence-electron chi connectivity index (χ4n) is 1.65. The maximum atomic E-state index is 5.86. The molecule has 0 aliphatic heterocycles. The molecule has 0 aromatic heterocycles. The Balaban J connectivity index is 2.18. The Labute approximate surface area is 77.5 Å². The first-order chi connectivity index (χ1) is 5.77. The topological polar surface area (TPSA) is 26.0 Å². The van der Waals surface area contributed by atoms with Crippen LogP contribution in [0.3, 0.4) is 0 Å². The van der Waals surface area contributed by atoms with Gasteiger partial charge in [-0.05, 0) is 36.5 Å². The molecule has 0 saturated heterocycles. The van der Waals surface area contributed by atoms with Crippen molar-refractivity contribution in [2.75, 3.05) is 0 Å². The summed E-state index contributed by atoms with van der Waals surface area (Å²) in [5, 5.41) is 0.798. The molecule has 1 nitrogen and oxygen atoms in total. The minimum atomic E-state index is 0.367. The first kappa shape index (κ1) is 8.09. The van der Waals surface area contributed by atoms with Crippen molar-refractivity contribution in [3.05, 3.63) is 34.9 Å². The molecule has 2 heteroatoms. The molecule has 2 N–H and O–H groups in total. The molecule has 12 heavy (non-hydrogen) atoms. The largest absolute Gasteiger partial charge is 0.327 e. The fraction of sp³-hybridized carbons (Fsp3) is 0.400. The molecule has 0 bridgehead atoms. The van der Waals surface area contributed by atoms with Crippen LogP contribution in [-0.2, 0) is 0 Å². The number of hydrogen-bond donors (Lipinski definition) is 1. The molecule has 0 spiro atoms. The highest BCUT2D eigenvalue weighted by molar-refractivity contribution is 6.30. The Morgan fingerprint density at radius 1 is 1.17 bits per heavy atom. The van der Waals surface area contributed by atoms with Gasteiger partial charge in [-0.2, -0.15) is 0 Å². The number of hydrogen-bond acceptors (Lipinski definition) is 1. The van der Waals surface area contributed by atoms with Crippen LogP contribution < -0.4 is 5.73 Å². The molecule has 1 aliphatic rings. The highest BCUT2D eigenvalue weighted by Crippen LogP contribution is 2.35. The van der Waals surface area contributed by atoms with Crippen LogP contribution in [0.25, 0.3) is 0 Å². The van der Waals surface area contributed by atoms with E-state index in [1.54, 1.807) is 0 Å². The van der Waals surface area contributed by atoms with E-state index >= 15 is 0 Å². The second-order valence-corrected chi connectivity index (χ2v) is 3.84. The molecule has 1 aliphatic carbocycles. The zero-order chi connectivity index (χ0) is 8.55. The Hall–Kier alpha value is -0.530. The summed E-state index contributed by atoms with van der Waals surface area (Å²) in [6, 6.07) is 8.38. The molecule has 1 unspecified atom stereocenters. The maximum absolute atomic E-state index is 5.86. The van der Waals surface area contributed by atoms with Gasteiger partial charge >= 0.3 is 0 Å². The van der Waals surface area contributed by atoms with Gasteiger partial charge in [-0.3, -0.25) is 0 Å². The quantitative estimate of drug-likeness (QED) is 0.708. The summed E-state index contributed by atoms with van der Waals surface area (Å²) < 4.78 is 0. The lowest BCUT2D eigenvalue weighted by molar-refractivity contribution is 0.347. The third-order valence-corrected chi connectivity index (χ3v) is 2.88. The molecule has 1 aromatic rings. The molecule has 0 radical (unpaired) electrons. The number of rotatable bonds is 1. The van der Waals surface area contributed by atoms with E-state index < -0.39 is 0 Å². The Morgan fingerprint density at radius 3 is 2.25 bits per heavy atom. The van der Waals surface area contributed by atoms with E-state index in [1.807, 2.05) is 12.1 Å². The second kappa shape index (κ2) is 3.08. The molecular formula is C10H12ClN.